The minimum absolute atomic E-state index is 0.0493. The van der Waals surface area contributed by atoms with Gasteiger partial charge in [0.05, 0.1) is 18.2 Å². The molecule has 3 aromatic carbocycles. The van der Waals surface area contributed by atoms with Crippen molar-refractivity contribution in [1.29, 1.82) is 0 Å². The van der Waals surface area contributed by atoms with E-state index in [1.165, 1.54) is 36.4 Å². The van der Waals surface area contributed by atoms with Crippen molar-refractivity contribution >= 4 is 23.1 Å². The number of hydrogen-bond acceptors (Lipinski definition) is 6. The minimum atomic E-state index is -4.96. The Morgan fingerprint density at radius 3 is 2.28 bits per heavy atom. The number of carbonyl (C=O) groups excluding carboxylic acids is 2. The lowest BCUT2D eigenvalue weighted by atomic mass is 9.95. The fraction of sp³-hybridized carbons (Fsp3) is 0.241. The monoisotopic (exact) mass is 541 g/mol. The number of aliphatic hydroxyl groups is 1. The highest BCUT2D eigenvalue weighted by Gasteiger charge is 2.47. The molecule has 1 fully saturated rings. The first-order chi connectivity index (χ1) is 18.6. The fourth-order valence-corrected chi connectivity index (χ4v) is 4.31. The highest BCUT2D eigenvalue weighted by atomic mass is 19.4. The van der Waals surface area contributed by atoms with E-state index in [0.29, 0.717) is 17.9 Å². The summed E-state index contributed by atoms with van der Waals surface area (Å²) in [4.78, 5) is 27.5. The van der Waals surface area contributed by atoms with Gasteiger partial charge in [-0.15, -0.1) is 13.2 Å². The Morgan fingerprint density at radius 2 is 1.64 bits per heavy atom. The van der Waals surface area contributed by atoms with Gasteiger partial charge in [-0.3, -0.25) is 14.5 Å². The molecule has 4 rings (SSSR count). The Bertz CT molecular complexity index is 1370. The summed E-state index contributed by atoms with van der Waals surface area (Å²) in [7, 11) is 0. The number of alkyl halides is 3. The standard InChI is InChI=1S/C29H26F3NO6/c1-2-3-4-16-38-22-14-10-19(11-15-22)26(35)24-25(18-8-12-21(34)13-9-18)33(28(37)27(24)36)20-6-5-7-23(17-20)39-29(30,31)32/h5-15,17,25,34-35H,2-4,16H2,1H3/b26-24+. The number of ketones is 1. The zero-order valence-electron chi connectivity index (χ0n) is 20.9. The van der Waals surface area contributed by atoms with Crippen molar-refractivity contribution in [2.45, 2.75) is 38.6 Å². The predicted molar refractivity (Wildman–Crippen MR) is 137 cm³/mol. The summed E-state index contributed by atoms with van der Waals surface area (Å²) < 4.78 is 48.2. The second kappa shape index (κ2) is 11.5. The molecular weight excluding hydrogens is 515 g/mol. The minimum Gasteiger partial charge on any atom is -0.508 e. The number of benzene rings is 3. The van der Waals surface area contributed by atoms with Gasteiger partial charge in [-0.2, -0.15) is 0 Å². The van der Waals surface area contributed by atoms with Gasteiger partial charge in [0.25, 0.3) is 11.7 Å². The van der Waals surface area contributed by atoms with Crippen LogP contribution < -0.4 is 14.4 Å². The summed E-state index contributed by atoms with van der Waals surface area (Å²) in [6, 6.07) is 15.4. The maximum Gasteiger partial charge on any atom is 0.573 e. The summed E-state index contributed by atoms with van der Waals surface area (Å²) in [6.07, 6.45) is -1.99. The van der Waals surface area contributed by atoms with E-state index in [2.05, 4.69) is 11.7 Å². The van der Waals surface area contributed by atoms with Crippen molar-refractivity contribution in [3.05, 3.63) is 89.5 Å². The number of hydrogen-bond donors (Lipinski definition) is 2. The van der Waals surface area contributed by atoms with Gasteiger partial charge in [0.2, 0.25) is 0 Å². The van der Waals surface area contributed by atoms with E-state index in [4.69, 9.17) is 4.74 Å². The van der Waals surface area contributed by atoms with Gasteiger partial charge in [0.1, 0.15) is 23.0 Å². The number of amides is 1. The van der Waals surface area contributed by atoms with Crippen LogP contribution in [0.15, 0.2) is 78.4 Å². The molecule has 1 aliphatic heterocycles. The molecule has 0 spiro atoms. The van der Waals surface area contributed by atoms with Crippen molar-refractivity contribution in [3.63, 3.8) is 0 Å². The smallest absolute Gasteiger partial charge is 0.508 e. The van der Waals surface area contributed by atoms with Crippen LogP contribution in [0.5, 0.6) is 17.2 Å². The van der Waals surface area contributed by atoms with Crippen LogP contribution in [-0.4, -0.2) is 34.9 Å². The van der Waals surface area contributed by atoms with Crippen molar-refractivity contribution in [2.75, 3.05) is 11.5 Å². The normalized spacial score (nSPS) is 16.9. The quantitative estimate of drug-likeness (QED) is 0.139. The molecule has 0 aromatic heterocycles. The molecule has 1 atom stereocenters. The highest BCUT2D eigenvalue weighted by Crippen LogP contribution is 2.43. The van der Waals surface area contributed by atoms with Gasteiger partial charge >= 0.3 is 6.36 Å². The molecule has 1 heterocycles. The maximum atomic E-state index is 13.2. The van der Waals surface area contributed by atoms with E-state index in [9.17, 15) is 33.0 Å². The summed E-state index contributed by atoms with van der Waals surface area (Å²) in [5.74, 6) is -2.62. The molecule has 3 aromatic rings. The first-order valence-corrected chi connectivity index (χ1v) is 12.3. The summed E-state index contributed by atoms with van der Waals surface area (Å²) in [5.41, 5.74) is 0.273. The van der Waals surface area contributed by atoms with E-state index >= 15 is 0 Å². The number of aliphatic hydroxyl groups excluding tert-OH is 1. The summed E-state index contributed by atoms with van der Waals surface area (Å²) in [5, 5.41) is 21.0. The highest BCUT2D eigenvalue weighted by molar-refractivity contribution is 6.51. The Kier molecular flexibility index (Phi) is 8.13. The van der Waals surface area contributed by atoms with Crippen LogP contribution in [0.1, 0.15) is 43.4 Å². The number of halogens is 3. The van der Waals surface area contributed by atoms with Crippen molar-refractivity contribution in [1.82, 2.24) is 0 Å². The first kappa shape index (κ1) is 27.6. The molecule has 204 valence electrons. The van der Waals surface area contributed by atoms with Gasteiger partial charge in [-0.05, 0) is 60.5 Å². The Balaban J connectivity index is 1.76. The predicted octanol–water partition coefficient (Wildman–Crippen LogP) is 6.49. The number of phenolic OH excluding ortho intramolecular Hbond substituents is 1. The fourth-order valence-electron chi connectivity index (χ4n) is 4.31. The van der Waals surface area contributed by atoms with Crippen LogP contribution in [0.4, 0.5) is 18.9 Å². The summed E-state index contributed by atoms with van der Waals surface area (Å²) in [6.45, 7) is 2.61. The van der Waals surface area contributed by atoms with E-state index in [1.54, 1.807) is 24.3 Å². The number of rotatable bonds is 9. The number of phenols is 1. The molecule has 10 heteroatoms. The molecule has 0 aliphatic carbocycles. The molecule has 0 bridgehead atoms. The van der Waals surface area contributed by atoms with Crippen LogP contribution >= 0.6 is 0 Å². The van der Waals surface area contributed by atoms with Gasteiger partial charge in [-0.25, -0.2) is 0 Å². The zero-order valence-corrected chi connectivity index (χ0v) is 20.9. The molecule has 1 saturated heterocycles. The third kappa shape index (κ3) is 6.34. The van der Waals surface area contributed by atoms with E-state index < -0.39 is 35.6 Å². The molecule has 7 nitrogen and oxygen atoms in total. The number of unbranched alkanes of at least 4 members (excludes halogenated alkanes) is 2. The van der Waals surface area contributed by atoms with Crippen LogP contribution in [0.25, 0.3) is 5.76 Å². The second-order valence-electron chi connectivity index (χ2n) is 8.89. The van der Waals surface area contributed by atoms with Gasteiger partial charge in [0.15, 0.2) is 0 Å². The van der Waals surface area contributed by atoms with Crippen LogP contribution in [0.2, 0.25) is 0 Å². The average Bonchev–Trinajstić information content (AvgIpc) is 3.16. The second-order valence-corrected chi connectivity index (χ2v) is 8.89. The lowest BCUT2D eigenvalue weighted by Gasteiger charge is -2.26. The third-order valence-corrected chi connectivity index (χ3v) is 6.13. The number of ether oxygens (including phenoxy) is 2. The molecule has 1 unspecified atom stereocenters. The van der Waals surface area contributed by atoms with Gasteiger partial charge < -0.3 is 19.7 Å². The lowest BCUT2D eigenvalue weighted by molar-refractivity contribution is -0.274. The zero-order chi connectivity index (χ0) is 28.2. The maximum absolute atomic E-state index is 13.2. The van der Waals surface area contributed by atoms with Crippen LogP contribution in [0, 0.1) is 0 Å². The van der Waals surface area contributed by atoms with E-state index in [-0.39, 0.29) is 22.6 Å². The Hall–Kier alpha value is -4.47. The van der Waals surface area contributed by atoms with Crippen LogP contribution in [0.3, 0.4) is 0 Å². The molecule has 39 heavy (non-hydrogen) atoms. The molecule has 1 amide bonds. The lowest BCUT2D eigenvalue weighted by Crippen LogP contribution is -2.29. The van der Waals surface area contributed by atoms with Gasteiger partial charge in [0, 0.05) is 17.3 Å². The number of anilines is 1. The molecular formula is C29H26F3NO6. The molecule has 1 aliphatic rings. The van der Waals surface area contributed by atoms with E-state index in [1.807, 2.05) is 0 Å². The Morgan fingerprint density at radius 1 is 0.949 bits per heavy atom. The number of nitrogens with zero attached hydrogens (tertiary/aromatic N) is 1. The number of aromatic hydroxyl groups is 1. The van der Waals surface area contributed by atoms with Gasteiger partial charge in [-0.1, -0.05) is 38.0 Å². The van der Waals surface area contributed by atoms with Crippen molar-refractivity contribution in [2.24, 2.45) is 0 Å². The summed E-state index contributed by atoms with van der Waals surface area (Å²) >= 11 is 0. The molecule has 0 saturated carbocycles. The van der Waals surface area contributed by atoms with Crippen LogP contribution in [-0.2, 0) is 9.59 Å². The number of Topliss-reactive ketones (excluding diaryl/α,β-unsaturated/α-hetero) is 1. The first-order valence-electron chi connectivity index (χ1n) is 12.3. The largest absolute Gasteiger partial charge is 0.573 e. The van der Waals surface area contributed by atoms with Crippen molar-refractivity contribution in [3.8, 4) is 17.2 Å². The Labute approximate surface area is 222 Å². The van der Waals surface area contributed by atoms with Crippen molar-refractivity contribution < 1.29 is 42.4 Å². The average molecular weight is 542 g/mol. The topological polar surface area (TPSA) is 96.3 Å². The molecule has 0 radical (unpaired) electrons. The SMILES string of the molecule is CCCCCOc1ccc(/C(O)=C2\C(=O)C(=O)N(c3cccc(OC(F)(F)F)c3)C2c2ccc(O)cc2)cc1. The third-order valence-electron chi connectivity index (χ3n) is 6.13. The molecule has 2 N–H and O–H groups in total. The number of carbonyl (C=O) groups is 2. The van der Waals surface area contributed by atoms with E-state index in [0.717, 1.165) is 36.3 Å².